The van der Waals surface area contributed by atoms with Crippen molar-refractivity contribution in [1.29, 1.82) is 0 Å². The van der Waals surface area contributed by atoms with Crippen LogP contribution in [0.5, 0.6) is 0 Å². The molecule has 0 aromatic rings. The lowest BCUT2D eigenvalue weighted by atomic mass is 9.47. The number of oxime groups is 1. The standard InChI is InChI=1S/C28H38N2O7/c1-4-25(33)36-22-8-7-20-19-6-5-17-15-18(11-13-27(17,2)21(19)12-14-28(20,22)3)29-35-16-26(34)37-30-23(31)9-10-24(30)32/h15,19-22H,4-14,16H2,1-3H3/b29-18-/t19-,20+,21-,22+,27+,28+/m1/s1. The van der Waals surface area contributed by atoms with E-state index in [4.69, 9.17) is 14.4 Å². The third kappa shape index (κ3) is 4.59. The molecule has 9 heteroatoms. The Kier molecular flexibility index (Phi) is 6.92. The number of carbonyl (C=O) groups is 4. The van der Waals surface area contributed by atoms with Crippen molar-refractivity contribution in [2.24, 2.45) is 33.7 Å². The predicted molar refractivity (Wildman–Crippen MR) is 132 cm³/mol. The van der Waals surface area contributed by atoms with Gasteiger partial charge in [-0.3, -0.25) is 14.4 Å². The molecule has 202 valence electrons. The minimum absolute atomic E-state index is 0.0475. The molecule has 37 heavy (non-hydrogen) atoms. The number of amides is 2. The Labute approximate surface area is 217 Å². The number of rotatable bonds is 6. The summed E-state index contributed by atoms with van der Waals surface area (Å²) >= 11 is 0. The normalized spacial score (nSPS) is 38.0. The third-order valence-electron chi connectivity index (χ3n) is 10.0. The highest BCUT2D eigenvalue weighted by Crippen LogP contribution is 2.65. The molecular weight excluding hydrogens is 476 g/mol. The molecule has 1 aliphatic heterocycles. The third-order valence-corrected chi connectivity index (χ3v) is 10.0. The topological polar surface area (TPSA) is 112 Å². The van der Waals surface area contributed by atoms with Crippen molar-refractivity contribution in [3.05, 3.63) is 11.6 Å². The van der Waals surface area contributed by atoms with Gasteiger partial charge in [0.15, 0.2) is 0 Å². The van der Waals surface area contributed by atoms with E-state index >= 15 is 0 Å². The Morgan fingerprint density at radius 2 is 1.73 bits per heavy atom. The van der Waals surface area contributed by atoms with Crippen molar-refractivity contribution < 1.29 is 33.6 Å². The molecule has 0 spiro atoms. The van der Waals surface area contributed by atoms with Crippen LogP contribution in [-0.2, 0) is 33.6 Å². The number of hydrogen-bond acceptors (Lipinski definition) is 8. The lowest BCUT2D eigenvalue weighted by molar-refractivity contribution is -0.200. The fraction of sp³-hybridized carbons (Fsp3) is 0.750. The molecule has 4 fully saturated rings. The molecule has 3 saturated carbocycles. The van der Waals surface area contributed by atoms with Crippen LogP contribution in [0, 0.1) is 28.6 Å². The van der Waals surface area contributed by atoms with Gasteiger partial charge in [-0.05, 0) is 80.6 Å². The van der Waals surface area contributed by atoms with E-state index in [1.807, 2.05) is 6.92 Å². The zero-order valence-corrected chi connectivity index (χ0v) is 22.1. The second-order valence-corrected chi connectivity index (χ2v) is 11.9. The van der Waals surface area contributed by atoms with Gasteiger partial charge < -0.3 is 14.4 Å². The maximum absolute atomic E-state index is 12.0. The first-order chi connectivity index (χ1) is 17.7. The molecule has 2 amide bonds. The molecule has 0 N–H and O–H groups in total. The molecule has 0 radical (unpaired) electrons. The Bertz CT molecular complexity index is 1040. The summed E-state index contributed by atoms with van der Waals surface area (Å²) in [6.45, 7) is 6.16. The van der Waals surface area contributed by atoms with Crippen molar-refractivity contribution in [2.45, 2.75) is 97.5 Å². The fourth-order valence-corrected chi connectivity index (χ4v) is 7.98. The molecule has 5 aliphatic rings. The maximum Gasteiger partial charge on any atom is 0.373 e. The van der Waals surface area contributed by atoms with Gasteiger partial charge in [-0.2, -0.15) is 0 Å². The SMILES string of the molecule is CCC(=O)O[C@H]1CC[C@H]2[C@H]3CCC4=C/C(=N\OCC(=O)ON5C(=O)CCC5=O)CC[C@]4(C)[C@@H]3CC[C@]12C. The van der Waals surface area contributed by atoms with Crippen molar-refractivity contribution in [2.75, 3.05) is 6.61 Å². The summed E-state index contributed by atoms with van der Waals surface area (Å²) in [6.07, 6.45) is 11.0. The molecule has 0 unspecified atom stereocenters. The van der Waals surface area contributed by atoms with Crippen molar-refractivity contribution in [3.63, 3.8) is 0 Å². The average Bonchev–Trinajstić information content (AvgIpc) is 3.37. The fourth-order valence-electron chi connectivity index (χ4n) is 7.98. The highest BCUT2D eigenvalue weighted by atomic mass is 16.7. The lowest BCUT2D eigenvalue weighted by Gasteiger charge is -2.58. The Balaban J connectivity index is 1.21. The largest absolute Gasteiger partial charge is 0.462 e. The van der Waals surface area contributed by atoms with Gasteiger partial charge in [-0.25, -0.2) is 4.79 Å². The molecule has 4 aliphatic carbocycles. The Morgan fingerprint density at radius 3 is 2.46 bits per heavy atom. The van der Waals surface area contributed by atoms with Crippen LogP contribution in [0.25, 0.3) is 0 Å². The van der Waals surface area contributed by atoms with Crippen LogP contribution in [0.1, 0.15) is 91.4 Å². The highest BCUT2D eigenvalue weighted by Gasteiger charge is 2.59. The van der Waals surface area contributed by atoms with Crippen LogP contribution in [0.15, 0.2) is 16.8 Å². The first-order valence-corrected chi connectivity index (χ1v) is 13.8. The molecule has 1 heterocycles. The first-order valence-electron chi connectivity index (χ1n) is 13.8. The van der Waals surface area contributed by atoms with Crippen molar-refractivity contribution >= 4 is 29.5 Å². The van der Waals surface area contributed by atoms with E-state index in [2.05, 4.69) is 25.1 Å². The molecule has 6 atom stereocenters. The lowest BCUT2D eigenvalue weighted by Crippen LogP contribution is -2.51. The number of fused-ring (bicyclic) bond motifs is 5. The Morgan fingerprint density at radius 1 is 0.973 bits per heavy atom. The minimum Gasteiger partial charge on any atom is -0.462 e. The van der Waals surface area contributed by atoms with E-state index in [1.54, 1.807) is 0 Å². The molecule has 0 bridgehead atoms. The van der Waals surface area contributed by atoms with Gasteiger partial charge in [0.2, 0.25) is 6.61 Å². The highest BCUT2D eigenvalue weighted by molar-refractivity contribution is 6.01. The average molecular weight is 515 g/mol. The molecule has 0 aromatic heterocycles. The second kappa shape index (κ2) is 9.87. The van der Waals surface area contributed by atoms with Crippen LogP contribution >= 0.6 is 0 Å². The van der Waals surface area contributed by atoms with Gasteiger partial charge in [0.1, 0.15) is 6.10 Å². The quantitative estimate of drug-likeness (QED) is 0.296. The number of esters is 1. The van der Waals surface area contributed by atoms with Gasteiger partial charge in [0.25, 0.3) is 11.8 Å². The van der Waals surface area contributed by atoms with E-state index in [-0.39, 0.29) is 35.7 Å². The van der Waals surface area contributed by atoms with Gasteiger partial charge in [-0.15, -0.1) is 5.06 Å². The van der Waals surface area contributed by atoms with E-state index in [1.165, 1.54) is 5.57 Å². The molecule has 5 rings (SSSR count). The number of ether oxygens (including phenoxy) is 1. The monoisotopic (exact) mass is 514 g/mol. The van der Waals surface area contributed by atoms with E-state index < -0.39 is 24.4 Å². The van der Waals surface area contributed by atoms with Gasteiger partial charge in [0.05, 0.1) is 5.71 Å². The van der Waals surface area contributed by atoms with Gasteiger partial charge in [-0.1, -0.05) is 31.5 Å². The summed E-state index contributed by atoms with van der Waals surface area (Å²) in [5.74, 6) is -0.0951. The van der Waals surface area contributed by atoms with E-state index in [0.29, 0.717) is 29.2 Å². The number of hydrogen-bond donors (Lipinski definition) is 0. The Hall–Kier alpha value is -2.71. The van der Waals surface area contributed by atoms with Crippen LogP contribution in [-0.4, -0.2) is 47.2 Å². The zero-order valence-electron chi connectivity index (χ0n) is 22.1. The summed E-state index contributed by atoms with van der Waals surface area (Å²) in [5, 5.41) is 4.69. The number of hydroxylamine groups is 2. The van der Waals surface area contributed by atoms with Crippen LogP contribution in [0.3, 0.4) is 0 Å². The number of carbonyl (C=O) groups excluding carboxylic acids is 4. The van der Waals surface area contributed by atoms with Crippen molar-refractivity contribution in [3.8, 4) is 0 Å². The predicted octanol–water partition coefficient (Wildman–Crippen LogP) is 4.25. The van der Waals surface area contributed by atoms with Crippen molar-refractivity contribution in [1.82, 2.24) is 5.06 Å². The summed E-state index contributed by atoms with van der Waals surface area (Å²) in [7, 11) is 0. The minimum atomic E-state index is -0.827. The molecule has 0 aromatic carbocycles. The summed E-state index contributed by atoms with van der Waals surface area (Å²) < 4.78 is 5.91. The summed E-state index contributed by atoms with van der Waals surface area (Å²) in [4.78, 5) is 57.3. The smallest absolute Gasteiger partial charge is 0.373 e. The van der Waals surface area contributed by atoms with E-state index in [9.17, 15) is 19.2 Å². The number of imide groups is 1. The second-order valence-electron chi connectivity index (χ2n) is 11.9. The number of nitrogens with zero attached hydrogens (tertiary/aromatic N) is 2. The summed E-state index contributed by atoms with van der Waals surface area (Å²) in [5.41, 5.74) is 2.42. The zero-order chi connectivity index (χ0) is 26.4. The molecule has 9 nitrogen and oxygen atoms in total. The van der Waals surface area contributed by atoms with E-state index in [0.717, 1.165) is 57.1 Å². The van der Waals surface area contributed by atoms with Crippen LogP contribution in [0.2, 0.25) is 0 Å². The van der Waals surface area contributed by atoms with Crippen LogP contribution in [0.4, 0.5) is 0 Å². The van der Waals surface area contributed by atoms with Crippen LogP contribution < -0.4 is 0 Å². The number of allylic oxidation sites excluding steroid dienone is 2. The van der Waals surface area contributed by atoms with Gasteiger partial charge in [0, 0.05) is 24.7 Å². The first kappa shape index (κ1) is 25.9. The summed E-state index contributed by atoms with van der Waals surface area (Å²) in [6, 6.07) is 0. The molecule has 1 saturated heterocycles. The van der Waals surface area contributed by atoms with Gasteiger partial charge >= 0.3 is 11.9 Å². The maximum atomic E-state index is 12.0. The molecular formula is C28H38N2O7.